The van der Waals surface area contributed by atoms with Crippen molar-refractivity contribution in [1.29, 1.82) is 0 Å². The number of piperazine rings is 1. The van der Waals surface area contributed by atoms with Crippen LogP contribution in [-0.4, -0.2) is 55.5 Å². The van der Waals surface area contributed by atoms with E-state index in [1.807, 2.05) is 4.90 Å². The first-order valence-electron chi connectivity index (χ1n) is 6.72. The fraction of sp³-hybridized carbons (Fsp3) is 0.500. The van der Waals surface area contributed by atoms with Gasteiger partial charge in [-0.1, -0.05) is 29.3 Å². The first kappa shape index (κ1) is 15.4. The monoisotopic (exact) mass is 315 g/mol. The first-order chi connectivity index (χ1) is 9.58. The average Bonchev–Trinajstić information content (AvgIpc) is 2.42. The molecule has 4 nitrogen and oxygen atoms in total. The van der Waals surface area contributed by atoms with Crippen molar-refractivity contribution in [3.05, 3.63) is 28.2 Å². The van der Waals surface area contributed by atoms with Gasteiger partial charge in [0.25, 0.3) is 0 Å². The zero-order valence-corrected chi connectivity index (χ0v) is 13.0. The fourth-order valence-corrected chi connectivity index (χ4v) is 2.71. The van der Waals surface area contributed by atoms with Gasteiger partial charge in [0.2, 0.25) is 5.91 Å². The van der Waals surface area contributed by atoms with Crippen LogP contribution in [0, 0.1) is 0 Å². The summed E-state index contributed by atoms with van der Waals surface area (Å²) in [6, 6.07) is 5.35. The minimum atomic E-state index is 0.175. The Morgan fingerprint density at radius 1 is 1.20 bits per heavy atom. The van der Waals surface area contributed by atoms with Crippen LogP contribution in [0.1, 0.15) is 6.42 Å². The molecule has 0 atom stereocenters. The van der Waals surface area contributed by atoms with Crippen molar-refractivity contribution in [2.45, 2.75) is 6.42 Å². The number of halogens is 2. The van der Waals surface area contributed by atoms with Gasteiger partial charge in [0.05, 0.1) is 15.7 Å². The molecule has 1 amide bonds. The van der Waals surface area contributed by atoms with Crippen LogP contribution in [0.3, 0.4) is 0 Å². The van der Waals surface area contributed by atoms with Gasteiger partial charge in [-0.2, -0.15) is 0 Å². The summed E-state index contributed by atoms with van der Waals surface area (Å²) in [4.78, 5) is 16.2. The molecule has 1 N–H and O–H groups in total. The maximum absolute atomic E-state index is 12.1. The topological polar surface area (TPSA) is 35.6 Å². The molecule has 6 heteroatoms. The summed E-state index contributed by atoms with van der Waals surface area (Å²) in [6.07, 6.45) is 0.450. The number of nitrogens with zero attached hydrogens (tertiary/aromatic N) is 2. The van der Waals surface area contributed by atoms with Crippen LogP contribution in [0.15, 0.2) is 18.2 Å². The van der Waals surface area contributed by atoms with Gasteiger partial charge in [-0.15, -0.1) is 0 Å². The van der Waals surface area contributed by atoms with Crippen LogP contribution in [0.2, 0.25) is 10.0 Å². The highest BCUT2D eigenvalue weighted by atomic mass is 35.5. The van der Waals surface area contributed by atoms with E-state index >= 15 is 0 Å². The van der Waals surface area contributed by atoms with Gasteiger partial charge in [-0.05, 0) is 19.2 Å². The molecule has 0 radical (unpaired) electrons. The van der Waals surface area contributed by atoms with Crippen molar-refractivity contribution in [2.75, 3.05) is 45.1 Å². The smallest absolute Gasteiger partial charge is 0.224 e. The number of hydrogen-bond acceptors (Lipinski definition) is 3. The molecular weight excluding hydrogens is 297 g/mol. The van der Waals surface area contributed by atoms with E-state index in [-0.39, 0.29) is 5.91 Å². The normalized spacial score (nSPS) is 16.2. The van der Waals surface area contributed by atoms with Crippen molar-refractivity contribution in [3.63, 3.8) is 0 Å². The molecule has 0 aromatic heterocycles. The Hall–Kier alpha value is -0.970. The van der Waals surface area contributed by atoms with Crippen molar-refractivity contribution in [3.8, 4) is 0 Å². The Morgan fingerprint density at radius 2 is 1.80 bits per heavy atom. The molecule has 0 spiro atoms. The highest BCUT2D eigenvalue weighted by Gasteiger charge is 2.18. The summed E-state index contributed by atoms with van der Waals surface area (Å²) < 4.78 is 0. The number of anilines is 1. The number of benzene rings is 1. The Morgan fingerprint density at radius 3 is 2.40 bits per heavy atom. The Kier molecular flexibility index (Phi) is 5.52. The predicted octanol–water partition coefficient (Wildman–Crippen LogP) is 2.57. The molecule has 1 aromatic carbocycles. The van der Waals surface area contributed by atoms with E-state index in [2.05, 4.69) is 17.3 Å². The Balaban J connectivity index is 1.79. The maximum Gasteiger partial charge on any atom is 0.224 e. The molecule has 2 rings (SSSR count). The van der Waals surface area contributed by atoms with E-state index in [0.717, 1.165) is 26.2 Å². The largest absolute Gasteiger partial charge is 0.382 e. The molecule has 20 heavy (non-hydrogen) atoms. The number of likely N-dealkylation sites (N-methyl/N-ethyl adjacent to an activating group) is 1. The van der Waals surface area contributed by atoms with Crippen LogP contribution < -0.4 is 5.32 Å². The number of amides is 1. The van der Waals surface area contributed by atoms with Crippen molar-refractivity contribution in [1.82, 2.24) is 9.80 Å². The van der Waals surface area contributed by atoms with Gasteiger partial charge in [0, 0.05) is 39.1 Å². The fourth-order valence-electron chi connectivity index (χ4n) is 2.18. The van der Waals surface area contributed by atoms with Gasteiger partial charge < -0.3 is 15.1 Å². The Bertz CT molecular complexity index is 453. The van der Waals surface area contributed by atoms with E-state index in [1.54, 1.807) is 18.2 Å². The number of rotatable bonds is 4. The van der Waals surface area contributed by atoms with Gasteiger partial charge in [-0.3, -0.25) is 4.79 Å². The van der Waals surface area contributed by atoms with Crippen LogP contribution in [0.4, 0.5) is 5.69 Å². The van der Waals surface area contributed by atoms with E-state index in [9.17, 15) is 4.79 Å². The van der Waals surface area contributed by atoms with E-state index < -0.39 is 0 Å². The second-order valence-corrected chi connectivity index (χ2v) is 5.77. The molecule has 1 aliphatic rings. The number of carbonyl (C=O) groups is 1. The highest BCUT2D eigenvalue weighted by molar-refractivity contribution is 6.39. The lowest BCUT2D eigenvalue weighted by atomic mass is 10.2. The third-order valence-corrected chi connectivity index (χ3v) is 4.09. The van der Waals surface area contributed by atoms with E-state index in [0.29, 0.717) is 28.7 Å². The summed E-state index contributed by atoms with van der Waals surface area (Å²) in [5, 5.41) is 4.29. The third kappa shape index (κ3) is 4.01. The van der Waals surface area contributed by atoms with Gasteiger partial charge in [-0.25, -0.2) is 0 Å². The van der Waals surface area contributed by atoms with E-state index in [4.69, 9.17) is 23.2 Å². The van der Waals surface area contributed by atoms with Crippen molar-refractivity contribution >= 4 is 34.8 Å². The van der Waals surface area contributed by atoms with Crippen LogP contribution in [0.25, 0.3) is 0 Å². The summed E-state index contributed by atoms with van der Waals surface area (Å²) in [5.41, 5.74) is 0.696. The molecule has 0 saturated carbocycles. The van der Waals surface area contributed by atoms with Gasteiger partial charge in [0.15, 0.2) is 0 Å². The second-order valence-electron chi connectivity index (χ2n) is 4.96. The zero-order valence-electron chi connectivity index (χ0n) is 11.5. The second kappa shape index (κ2) is 7.16. The average molecular weight is 316 g/mol. The number of hydrogen-bond donors (Lipinski definition) is 1. The lowest BCUT2D eigenvalue weighted by molar-refractivity contribution is -0.132. The molecular formula is C14H19Cl2N3O. The predicted molar refractivity (Wildman–Crippen MR) is 83.6 cm³/mol. The molecule has 1 aliphatic heterocycles. The van der Waals surface area contributed by atoms with Gasteiger partial charge >= 0.3 is 0 Å². The first-order valence-corrected chi connectivity index (χ1v) is 7.47. The SMILES string of the molecule is CN1CCN(C(=O)CCNc2c(Cl)cccc2Cl)CC1. The molecule has 1 fully saturated rings. The number of nitrogens with one attached hydrogen (secondary N) is 1. The summed E-state index contributed by atoms with van der Waals surface area (Å²) in [6.45, 7) is 4.03. The number of para-hydroxylation sites is 1. The molecule has 0 aliphatic carbocycles. The van der Waals surface area contributed by atoms with Gasteiger partial charge in [0.1, 0.15) is 0 Å². The zero-order chi connectivity index (χ0) is 14.5. The van der Waals surface area contributed by atoms with Crippen LogP contribution in [-0.2, 0) is 4.79 Å². The summed E-state index contributed by atoms with van der Waals surface area (Å²) >= 11 is 12.1. The molecule has 1 heterocycles. The molecule has 110 valence electrons. The maximum atomic E-state index is 12.1. The minimum Gasteiger partial charge on any atom is -0.382 e. The summed E-state index contributed by atoms with van der Waals surface area (Å²) in [5.74, 6) is 0.175. The Labute approximate surface area is 129 Å². The molecule has 0 unspecified atom stereocenters. The molecule has 0 bridgehead atoms. The summed E-state index contributed by atoms with van der Waals surface area (Å²) in [7, 11) is 2.07. The van der Waals surface area contributed by atoms with Crippen LogP contribution in [0.5, 0.6) is 0 Å². The van der Waals surface area contributed by atoms with Crippen molar-refractivity contribution < 1.29 is 4.79 Å². The van der Waals surface area contributed by atoms with E-state index in [1.165, 1.54) is 0 Å². The highest BCUT2D eigenvalue weighted by Crippen LogP contribution is 2.29. The quantitative estimate of drug-likeness (QED) is 0.927. The van der Waals surface area contributed by atoms with Crippen LogP contribution >= 0.6 is 23.2 Å². The molecule has 1 saturated heterocycles. The lowest BCUT2D eigenvalue weighted by Gasteiger charge is -2.32. The third-order valence-electron chi connectivity index (χ3n) is 3.46. The van der Waals surface area contributed by atoms with Crippen molar-refractivity contribution in [2.24, 2.45) is 0 Å². The number of carbonyl (C=O) groups excluding carboxylic acids is 1. The standard InChI is InChI=1S/C14H19Cl2N3O/c1-18-7-9-19(10-8-18)13(20)5-6-17-14-11(15)3-2-4-12(14)16/h2-4,17H,5-10H2,1H3. The molecule has 1 aromatic rings. The lowest BCUT2D eigenvalue weighted by Crippen LogP contribution is -2.47. The minimum absolute atomic E-state index is 0.175.